The maximum absolute atomic E-state index is 6.06. The van der Waals surface area contributed by atoms with Crippen molar-refractivity contribution in [1.82, 2.24) is 24.7 Å². The molecule has 0 radical (unpaired) electrons. The highest BCUT2D eigenvalue weighted by atomic mass is 35.5. The van der Waals surface area contributed by atoms with Crippen molar-refractivity contribution in [1.29, 1.82) is 0 Å². The lowest BCUT2D eigenvalue weighted by Gasteiger charge is -2.25. The average Bonchev–Trinajstić information content (AvgIpc) is 3.09. The van der Waals surface area contributed by atoms with Crippen LogP contribution in [0.3, 0.4) is 0 Å². The quantitative estimate of drug-likeness (QED) is 0.735. The Hall–Kier alpha value is -2.02. The summed E-state index contributed by atoms with van der Waals surface area (Å²) in [5.41, 5.74) is 6.81. The highest BCUT2D eigenvalue weighted by Crippen LogP contribution is 2.33. The summed E-state index contributed by atoms with van der Waals surface area (Å²) in [6.45, 7) is 0. The van der Waals surface area contributed by atoms with E-state index in [1.54, 1.807) is 12.4 Å². The summed E-state index contributed by atoms with van der Waals surface area (Å²) >= 11 is 5.97. The molecule has 6 nitrogen and oxygen atoms in total. The molecule has 3 aromatic heterocycles. The molecule has 3 aromatic rings. The molecule has 0 aliphatic heterocycles. The minimum absolute atomic E-state index is 0. The molecule has 0 spiro atoms. The number of nitrogens with two attached hydrogens (primary N) is 1. The summed E-state index contributed by atoms with van der Waals surface area (Å²) in [5, 5.41) is 5.28. The molecule has 1 aliphatic rings. The Morgan fingerprint density at radius 2 is 1.85 bits per heavy atom. The predicted molar refractivity (Wildman–Crippen MR) is 104 cm³/mol. The molecule has 136 valence electrons. The molecule has 3 heterocycles. The van der Waals surface area contributed by atoms with Gasteiger partial charge in [-0.3, -0.25) is 4.98 Å². The fraction of sp³-hybridized carbons (Fsp3) is 0.333. The van der Waals surface area contributed by atoms with Crippen LogP contribution >= 0.6 is 24.0 Å². The third-order valence-corrected chi connectivity index (χ3v) is 4.82. The van der Waals surface area contributed by atoms with Gasteiger partial charge in [0.05, 0.1) is 5.02 Å². The van der Waals surface area contributed by atoms with Crippen molar-refractivity contribution in [3.8, 4) is 17.3 Å². The van der Waals surface area contributed by atoms with E-state index in [-0.39, 0.29) is 18.4 Å². The highest BCUT2D eigenvalue weighted by Gasteiger charge is 2.26. The van der Waals surface area contributed by atoms with E-state index >= 15 is 0 Å². The Morgan fingerprint density at radius 3 is 2.50 bits per heavy atom. The van der Waals surface area contributed by atoms with Gasteiger partial charge in [-0.15, -0.1) is 17.5 Å². The van der Waals surface area contributed by atoms with Crippen LogP contribution in [0.1, 0.15) is 37.4 Å². The summed E-state index contributed by atoms with van der Waals surface area (Å²) in [6, 6.07) is 9.68. The maximum atomic E-state index is 6.06. The second-order valence-corrected chi connectivity index (χ2v) is 6.80. The van der Waals surface area contributed by atoms with E-state index in [4.69, 9.17) is 22.3 Å². The first-order valence-electron chi connectivity index (χ1n) is 8.46. The maximum Gasteiger partial charge on any atom is 0.200 e. The number of rotatable bonds is 3. The summed E-state index contributed by atoms with van der Waals surface area (Å²) in [5.74, 6) is 2.57. The minimum Gasteiger partial charge on any atom is -0.328 e. The second-order valence-electron chi connectivity index (χ2n) is 6.37. The van der Waals surface area contributed by atoms with E-state index in [0.717, 1.165) is 37.2 Å². The SMILES string of the molecule is Cl.NC1CCC(c2nc(-c3ccccn3)nn2-c2ccc(Cl)cn2)CC1. The van der Waals surface area contributed by atoms with Crippen LogP contribution in [0.2, 0.25) is 5.02 Å². The molecule has 0 saturated heterocycles. The molecular weight excluding hydrogens is 371 g/mol. The molecule has 4 rings (SSSR count). The summed E-state index contributed by atoms with van der Waals surface area (Å²) in [7, 11) is 0. The molecule has 0 amide bonds. The molecule has 0 unspecified atom stereocenters. The third kappa shape index (κ3) is 3.87. The van der Waals surface area contributed by atoms with Crippen LogP contribution in [-0.2, 0) is 0 Å². The number of hydrogen-bond donors (Lipinski definition) is 1. The standard InChI is InChI=1S/C18H19ClN6.ClH/c19-13-6-9-16(22-11-13)25-18(12-4-7-14(20)8-5-12)23-17(24-25)15-3-1-2-10-21-15;/h1-3,6,9-12,14H,4-5,7-8,20H2;1H. The molecule has 0 aromatic carbocycles. The lowest BCUT2D eigenvalue weighted by molar-refractivity contribution is 0.380. The van der Waals surface area contributed by atoms with E-state index in [2.05, 4.69) is 15.1 Å². The number of nitrogens with zero attached hydrogens (tertiary/aromatic N) is 5. The van der Waals surface area contributed by atoms with Gasteiger partial charge in [-0.1, -0.05) is 17.7 Å². The van der Waals surface area contributed by atoms with Crippen LogP contribution in [0.15, 0.2) is 42.7 Å². The Bertz CT molecular complexity index is 842. The van der Waals surface area contributed by atoms with Crippen molar-refractivity contribution in [2.75, 3.05) is 0 Å². The first kappa shape index (κ1) is 18.8. The monoisotopic (exact) mass is 390 g/mol. The highest BCUT2D eigenvalue weighted by molar-refractivity contribution is 6.30. The van der Waals surface area contributed by atoms with Crippen LogP contribution in [0.25, 0.3) is 17.3 Å². The van der Waals surface area contributed by atoms with Gasteiger partial charge in [-0.05, 0) is 49.9 Å². The minimum atomic E-state index is 0. The predicted octanol–water partition coefficient (Wildman–Crippen LogP) is 3.78. The Labute approximate surface area is 163 Å². The van der Waals surface area contributed by atoms with Crippen LogP contribution in [0, 0.1) is 0 Å². The molecule has 1 fully saturated rings. The summed E-state index contributed by atoms with van der Waals surface area (Å²) < 4.78 is 1.82. The fourth-order valence-corrected chi connectivity index (χ4v) is 3.34. The fourth-order valence-electron chi connectivity index (χ4n) is 3.23. The zero-order valence-electron chi connectivity index (χ0n) is 14.1. The van der Waals surface area contributed by atoms with E-state index in [0.29, 0.717) is 22.6 Å². The van der Waals surface area contributed by atoms with Gasteiger partial charge in [0.1, 0.15) is 11.5 Å². The normalized spacial score (nSPS) is 19.8. The van der Waals surface area contributed by atoms with E-state index in [9.17, 15) is 0 Å². The summed E-state index contributed by atoms with van der Waals surface area (Å²) in [4.78, 5) is 13.6. The molecule has 2 N–H and O–H groups in total. The number of halogens is 2. The first-order valence-corrected chi connectivity index (χ1v) is 8.84. The smallest absolute Gasteiger partial charge is 0.200 e. The summed E-state index contributed by atoms with van der Waals surface area (Å²) in [6.07, 6.45) is 7.40. The van der Waals surface area contributed by atoms with Crippen molar-refractivity contribution < 1.29 is 0 Å². The van der Waals surface area contributed by atoms with Gasteiger partial charge in [0.15, 0.2) is 5.82 Å². The van der Waals surface area contributed by atoms with E-state index < -0.39 is 0 Å². The number of aromatic nitrogens is 5. The lowest BCUT2D eigenvalue weighted by atomic mass is 9.86. The van der Waals surface area contributed by atoms with Gasteiger partial charge in [-0.2, -0.15) is 4.68 Å². The topological polar surface area (TPSA) is 82.5 Å². The van der Waals surface area contributed by atoms with Crippen molar-refractivity contribution in [3.05, 3.63) is 53.6 Å². The Kier molecular flexibility index (Phi) is 5.86. The van der Waals surface area contributed by atoms with Gasteiger partial charge in [0.2, 0.25) is 5.82 Å². The Balaban J connectivity index is 0.00000196. The largest absolute Gasteiger partial charge is 0.328 e. The first-order chi connectivity index (χ1) is 12.2. The van der Waals surface area contributed by atoms with Crippen molar-refractivity contribution in [3.63, 3.8) is 0 Å². The zero-order valence-corrected chi connectivity index (χ0v) is 15.7. The van der Waals surface area contributed by atoms with E-state index in [1.807, 2.05) is 35.0 Å². The molecule has 0 bridgehead atoms. The van der Waals surface area contributed by atoms with Crippen LogP contribution in [0.4, 0.5) is 0 Å². The third-order valence-electron chi connectivity index (χ3n) is 4.59. The van der Waals surface area contributed by atoms with E-state index in [1.165, 1.54) is 0 Å². The lowest BCUT2D eigenvalue weighted by Crippen LogP contribution is -2.26. The van der Waals surface area contributed by atoms with Crippen molar-refractivity contribution in [2.45, 2.75) is 37.6 Å². The molecule has 0 atom stereocenters. The number of hydrogen-bond acceptors (Lipinski definition) is 5. The molecule has 8 heteroatoms. The van der Waals surface area contributed by atoms with Gasteiger partial charge < -0.3 is 5.73 Å². The Morgan fingerprint density at radius 1 is 1.04 bits per heavy atom. The van der Waals surface area contributed by atoms with Crippen LogP contribution in [-0.4, -0.2) is 30.8 Å². The number of pyridine rings is 2. The molecule has 26 heavy (non-hydrogen) atoms. The van der Waals surface area contributed by atoms with Crippen LogP contribution < -0.4 is 5.73 Å². The molecular formula is C18H20Cl2N6. The van der Waals surface area contributed by atoms with Gasteiger partial charge in [-0.25, -0.2) is 9.97 Å². The van der Waals surface area contributed by atoms with Gasteiger partial charge >= 0.3 is 0 Å². The van der Waals surface area contributed by atoms with Crippen molar-refractivity contribution in [2.24, 2.45) is 5.73 Å². The van der Waals surface area contributed by atoms with Gasteiger partial charge in [0.25, 0.3) is 0 Å². The molecule has 1 aliphatic carbocycles. The average molecular weight is 391 g/mol. The molecule has 1 saturated carbocycles. The zero-order chi connectivity index (χ0) is 17.2. The van der Waals surface area contributed by atoms with Crippen molar-refractivity contribution >= 4 is 24.0 Å². The van der Waals surface area contributed by atoms with Crippen LogP contribution in [0.5, 0.6) is 0 Å². The second kappa shape index (κ2) is 8.12. The van der Waals surface area contributed by atoms with Gasteiger partial charge in [0, 0.05) is 24.4 Å².